The summed E-state index contributed by atoms with van der Waals surface area (Å²) in [4.78, 5) is 11.8. The number of hydrogen-bond acceptors (Lipinski definition) is 1. The van der Waals surface area contributed by atoms with Crippen LogP contribution in [0.3, 0.4) is 0 Å². The van der Waals surface area contributed by atoms with Gasteiger partial charge in [0, 0.05) is 5.56 Å². The Morgan fingerprint density at radius 1 is 1.50 bits per heavy atom. The number of terminal acetylenes is 1. The first-order valence-corrected chi connectivity index (χ1v) is 5.06. The Morgan fingerprint density at radius 3 is 2.50 bits per heavy atom. The van der Waals surface area contributed by atoms with Crippen molar-refractivity contribution in [1.29, 1.82) is 0 Å². The summed E-state index contributed by atoms with van der Waals surface area (Å²) in [5.41, 5.74) is -0.262. The molecule has 0 aliphatic rings. The van der Waals surface area contributed by atoms with Crippen molar-refractivity contribution >= 4 is 5.91 Å². The molecule has 0 radical (unpaired) electrons. The van der Waals surface area contributed by atoms with E-state index in [0.29, 0.717) is 12.0 Å². The van der Waals surface area contributed by atoms with E-state index in [0.717, 1.165) is 0 Å². The number of carbonyl (C=O) groups excluding carboxylic acids is 1. The van der Waals surface area contributed by atoms with Gasteiger partial charge in [0.05, 0.1) is 5.54 Å². The van der Waals surface area contributed by atoms with E-state index in [1.54, 1.807) is 6.92 Å². The molecule has 1 amide bonds. The molecular weight excluding hydrogens is 205 g/mol. The van der Waals surface area contributed by atoms with E-state index in [2.05, 4.69) is 11.2 Å². The molecule has 1 N–H and O–H groups in total. The molecule has 1 aromatic rings. The zero-order valence-corrected chi connectivity index (χ0v) is 9.38. The molecule has 0 aromatic heterocycles. The van der Waals surface area contributed by atoms with E-state index in [9.17, 15) is 9.18 Å². The lowest BCUT2D eigenvalue weighted by Crippen LogP contribution is -2.44. The molecule has 0 fully saturated rings. The summed E-state index contributed by atoms with van der Waals surface area (Å²) in [5, 5.41) is 2.73. The van der Waals surface area contributed by atoms with Gasteiger partial charge >= 0.3 is 0 Å². The van der Waals surface area contributed by atoms with Crippen molar-refractivity contribution in [2.45, 2.75) is 25.8 Å². The highest BCUT2D eigenvalue weighted by molar-refractivity contribution is 5.94. The monoisotopic (exact) mass is 219 g/mol. The highest BCUT2D eigenvalue weighted by atomic mass is 19.1. The van der Waals surface area contributed by atoms with Crippen LogP contribution in [0.4, 0.5) is 4.39 Å². The van der Waals surface area contributed by atoms with Crippen molar-refractivity contribution in [3.05, 3.63) is 35.6 Å². The quantitative estimate of drug-likeness (QED) is 0.777. The summed E-state index contributed by atoms with van der Waals surface area (Å²) in [6, 6.07) is 5.34. The SMILES string of the molecule is C#CC(C)(CC)NC(=O)c1ccc(F)cc1. The van der Waals surface area contributed by atoms with Crippen molar-refractivity contribution in [3.63, 3.8) is 0 Å². The molecule has 1 aromatic carbocycles. The molecule has 84 valence electrons. The maximum absolute atomic E-state index is 12.7. The third kappa shape index (κ3) is 2.83. The number of benzene rings is 1. The average Bonchev–Trinajstić information content (AvgIpc) is 2.29. The molecule has 1 atom stereocenters. The first-order chi connectivity index (χ1) is 7.50. The molecule has 0 spiro atoms. The van der Waals surface area contributed by atoms with Crippen molar-refractivity contribution in [2.75, 3.05) is 0 Å². The van der Waals surface area contributed by atoms with Crippen LogP contribution in [-0.4, -0.2) is 11.4 Å². The third-order valence-corrected chi connectivity index (χ3v) is 2.52. The van der Waals surface area contributed by atoms with Crippen molar-refractivity contribution in [2.24, 2.45) is 0 Å². The van der Waals surface area contributed by atoms with Crippen LogP contribution < -0.4 is 5.32 Å². The van der Waals surface area contributed by atoms with Gasteiger partial charge in [0.15, 0.2) is 0 Å². The standard InChI is InChI=1S/C13H14FNO/c1-4-13(3,5-2)15-12(16)10-6-8-11(14)9-7-10/h1,6-9H,5H2,2-3H3,(H,15,16). The summed E-state index contributed by atoms with van der Waals surface area (Å²) >= 11 is 0. The van der Waals surface area contributed by atoms with Gasteiger partial charge in [0.1, 0.15) is 5.82 Å². The minimum absolute atomic E-state index is 0.290. The largest absolute Gasteiger partial charge is 0.336 e. The maximum atomic E-state index is 12.7. The van der Waals surface area contributed by atoms with Gasteiger partial charge in [-0.1, -0.05) is 12.8 Å². The van der Waals surface area contributed by atoms with Gasteiger partial charge in [-0.2, -0.15) is 0 Å². The van der Waals surface area contributed by atoms with Gasteiger partial charge < -0.3 is 5.32 Å². The summed E-state index contributed by atoms with van der Waals surface area (Å²) in [6.07, 6.45) is 5.98. The molecule has 3 heteroatoms. The van der Waals surface area contributed by atoms with E-state index in [1.807, 2.05) is 6.92 Å². The van der Waals surface area contributed by atoms with Gasteiger partial charge in [-0.05, 0) is 37.6 Å². The average molecular weight is 219 g/mol. The minimum atomic E-state index is -0.661. The van der Waals surface area contributed by atoms with Crippen LogP contribution in [0.1, 0.15) is 30.6 Å². The topological polar surface area (TPSA) is 29.1 Å². The van der Waals surface area contributed by atoms with Crippen molar-refractivity contribution < 1.29 is 9.18 Å². The van der Waals surface area contributed by atoms with Gasteiger partial charge in [-0.15, -0.1) is 6.42 Å². The van der Waals surface area contributed by atoms with E-state index >= 15 is 0 Å². The first-order valence-electron chi connectivity index (χ1n) is 5.06. The van der Waals surface area contributed by atoms with Gasteiger partial charge in [-0.25, -0.2) is 4.39 Å². The lowest BCUT2D eigenvalue weighted by Gasteiger charge is -2.23. The Hall–Kier alpha value is -1.82. The first kappa shape index (κ1) is 12.3. The fraction of sp³-hybridized carbons (Fsp3) is 0.308. The highest BCUT2D eigenvalue weighted by Gasteiger charge is 2.21. The van der Waals surface area contributed by atoms with E-state index in [-0.39, 0.29) is 11.7 Å². The molecule has 0 saturated carbocycles. The molecule has 1 rings (SSSR count). The number of amides is 1. The summed E-state index contributed by atoms with van der Waals surface area (Å²) in [6.45, 7) is 3.67. The van der Waals surface area contributed by atoms with Crippen LogP contribution in [0.5, 0.6) is 0 Å². The second-order valence-corrected chi connectivity index (χ2v) is 3.79. The fourth-order valence-electron chi connectivity index (χ4n) is 1.15. The Labute approximate surface area is 94.9 Å². The summed E-state index contributed by atoms with van der Waals surface area (Å²) in [5.74, 6) is 1.88. The maximum Gasteiger partial charge on any atom is 0.252 e. The third-order valence-electron chi connectivity index (χ3n) is 2.52. The molecular formula is C13H14FNO. The van der Waals surface area contributed by atoms with Crippen molar-refractivity contribution in [1.82, 2.24) is 5.32 Å². The molecule has 16 heavy (non-hydrogen) atoms. The fourth-order valence-corrected chi connectivity index (χ4v) is 1.15. The summed E-state index contributed by atoms with van der Waals surface area (Å²) < 4.78 is 12.7. The van der Waals surface area contributed by atoms with Crippen LogP contribution in [0.15, 0.2) is 24.3 Å². The van der Waals surface area contributed by atoms with Gasteiger partial charge in [0.2, 0.25) is 0 Å². The minimum Gasteiger partial charge on any atom is -0.336 e. The molecule has 2 nitrogen and oxygen atoms in total. The Balaban J connectivity index is 2.81. The molecule has 0 aliphatic heterocycles. The molecule has 1 unspecified atom stereocenters. The van der Waals surface area contributed by atoms with Crippen LogP contribution in [-0.2, 0) is 0 Å². The Kier molecular flexibility index (Phi) is 3.68. The van der Waals surface area contributed by atoms with Crippen LogP contribution in [0.2, 0.25) is 0 Å². The zero-order chi connectivity index (χ0) is 12.2. The Morgan fingerprint density at radius 2 is 2.06 bits per heavy atom. The second-order valence-electron chi connectivity index (χ2n) is 3.79. The van der Waals surface area contributed by atoms with E-state index in [4.69, 9.17) is 6.42 Å². The van der Waals surface area contributed by atoms with E-state index in [1.165, 1.54) is 24.3 Å². The lowest BCUT2D eigenvalue weighted by atomic mass is 9.99. The van der Waals surface area contributed by atoms with Crippen LogP contribution >= 0.6 is 0 Å². The number of rotatable bonds is 3. The number of hydrogen-bond donors (Lipinski definition) is 1. The predicted octanol–water partition coefficient (Wildman–Crippen LogP) is 2.36. The molecule has 0 heterocycles. The zero-order valence-electron chi connectivity index (χ0n) is 9.38. The highest BCUT2D eigenvalue weighted by Crippen LogP contribution is 2.10. The van der Waals surface area contributed by atoms with E-state index < -0.39 is 5.54 Å². The van der Waals surface area contributed by atoms with Crippen LogP contribution in [0, 0.1) is 18.2 Å². The second kappa shape index (κ2) is 4.80. The Bertz CT molecular complexity index is 419. The number of nitrogens with one attached hydrogen (secondary N) is 1. The van der Waals surface area contributed by atoms with Crippen LogP contribution in [0.25, 0.3) is 0 Å². The molecule has 0 aliphatic carbocycles. The summed E-state index contributed by atoms with van der Waals surface area (Å²) in [7, 11) is 0. The van der Waals surface area contributed by atoms with Gasteiger partial charge in [0.25, 0.3) is 5.91 Å². The molecule has 0 saturated heterocycles. The normalized spacial score (nSPS) is 13.6. The number of halogens is 1. The smallest absolute Gasteiger partial charge is 0.252 e. The predicted molar refractivity (Wildman–Crippen MR) is 61.4 cm³/mol. The lowest BCUT2D eigenvalue weighted by molar-refractivity contribution is 0.0923. The van der Waals surface area contributed by atoms with Gasteiger partial charge in [-0.3, -0.25) is 4.79 Å². The van der Waals surface area contributed by atoms with Crippen molar-refractivity contribution in [3.8, 4) is 12.3 Å². The molecule has 0 bridgehead atoms. The number of carbonyl (C=O) groups is 1.